The van der Waals surface area contributed by atoms with Crippen LogP contribution in [0.3, 0.4) is 0 Å². The largest absolute Gasteiger partial charge is 0.381 e. The third kappa shape index (κ3) is 14.0. The number of unbranched alkanes of at least 4 members (excludes halogenated alkanes) is 8. The molecule has 0 aliphatic heterocycles. The molecule has 0 aromatic carbocycles. The summed E-state index contributed by atoms with van der Waals surface area (Å²) in [4.78, 5) is 0. The third-order valence-corrected chi connectivity index (χ3v) is 2.62. The van der Waals surface area contributed by atoms with E-state index >= 15 is 0 Å². The van der Waals surface area contributed by atoms with Crippen molar-refractivity contribution in [1.29, 1.82) is 0 Å². The van der Waals surface area contributed by atoms with E-state index in [9.17, 15) is 0 Å². The van der Waals surface area contributed by atoms with Gasteiger partial charge >= 0.3 is 0 Å². The number of rotatable bonds is 12. The molecule has 0 atom stereocenters. The summed E-state index contributed by atoms with van der Waals surface area (Å²) in [5.41, 5.74) is 0. The smallest absolute Gasteiger partial charge is 0.0468 e. The topological polar surface area (TPSA) is 9.23 Å². The molecule has 1 nitrogen and oxygen atoms in total. The molecule has 0 N–H and O–H groups in total. The third-order valence-electron chi connectivity index (χ3n) is 2.62. The molecule has 1 heteroatoms. The maximum absolute atomic E-state index is 5.56. The lowest BCUT2D eigenvalue weighted by Gasteiger charge is -2.03. The Morgan fingerprint density at radius 2 is 1.47 bits per heavy atom. The van der Waals surface area contributed by atoms with Crippen LogP contribution >= 0.6 is 0 Å². The second-order valence-corrected chi connectivity index (χ2v) is 4.25. The molecule has 0 amide bonds. The molecular formula is C14H29O. The summed E-state index contributed by atoms with van der Waals surface area (Å²) in [6.07, 6.45) is 14.1. The van der Waals surface area contributed by atoms with Crippen LogP contribution in [0.15, 0.2) is 0 Å². The highest BCUT2D eigenvalue weighted by Crippen LogP contribution is 2.04. The van der Waals surface area contributed by atoms with E-state index in [1.807, 2.05) is 0 Å². The molecule has 0 heterocycles. The molecule has 0 saturated carbocycles. The molecule has 0 fully saturated rings. The Hall–Kier alpha value is -0.0400. The van der Waals surface area contributed by atoms with E-state index < -0.39 is 0 Å². The van der Waals surface area contributed by atoms with E-state index in [0.29, 0.717) is 0 Å². The van der Waals surface area contributed by atoms with E-state index in [1.54, 1.807) is 0 Å². The summed E-state index contributed by atoms with van der Waals surface area (Å²) >= 11 is 0. The SMILES string of the molecule is CCCCC[CH]CCOCCCCCC. The lowest BCUT2D eigenvalue weighted by Crippen LogP contribution is -1.97. The van der Waals surface area contributed by atoms with E-state index in [1.165, 1.54) is 51.4 Å². The van der Waals surface area contributed by atoms with Gasteiger partial charge in [-0.25, -0.2) is 0 Å². The first-order chi connectivity index (χ1) is 7.41. The lowest BCUT2D eigenvalue weighted by atomic mass is 10.1. The van der Waals surface area contributed by atoms with Crippen LogP contribution in [0.25, 0.3) is 0 Å². The summed E-state index contributed by atoms with van der Waals surface area (Å²) in [6, 6.07) is 0. The Balaban J connectivity index is 2.81. The minimum atomic E-state index is 0.929. The first kappa shape index (κ1) is 15.0. The van der Waals surface area contributed by atoms with Crippen molar-refractivity contribution in [2.75, 3.05) is 13.2 Å². The summed E-state index contributed by atoms with van der Waals surface area (Å²) in [7, 11) is 0. The number of ether oxygens (including phenoxy) is 1. The van der Waals surface area contributed by atoms with Gasteiger partial charge in [0.05, 0.1) is 0 Å². The molecular weight excluding hydrogens is 184 g/mol. The normalized spacial score (nSPS) is 10.8. The first-order valence-electron chi connectivity index (χ1n) is 6.81. The summed E-state index contributed by atoms with van der Waals surface area (Å²) in [5, 5.41) is 0. The van der Waals surface area contributed by atoms with Crippen molar-refractivity contribution >= 4 is 0 Å². The van der Waals surface area contributed by atoms with Gasteiger partial charge in [0.2, 0.25) is 0 Å². The fourth-order valence-corrected chi connectivity index (χ4v) is 1.58. The Labute approximate surface area is 96.6 Å². The van der Waals surface area contributed by atoms with Crippen LogP contribution in [-0.4, -0.2) is 13.2 Å². The molecule has 0 saturated heterocycles. The fraction of sp³-hybridized carbons (Fsp3) is 0.929. The van der Waals surface area contributed by atoms with Crippen LogP contribution in [0.2, 0.25) is 0 Å². The quantitative estimate of drug-likeness (QED) is 0.425. The Kier molecular flexibility index (Phi) is 13.9. The average molecular weight is 213 g/mol. The molecule has 0 aliphatic carbocycles. The lowest BCUT2D eigenvalue weighted by molar-refractivity contribution is 0.131. The van der Waals surface area contributed by atoms with Crippen LogP contribution in [0.5, 0.6) is 0 Å². The maximum atomic E-state index is 5.56. The van der Waals surface area contributed by atoms with Crippen molar-refractivity contribution in [3.8, 4) is 0 Å². The highest BCUT2D eigenvalue weighted by molar-refractivity contribution is 4.63. The zero-order valence-electron chi connectivity index (χ0n) is 10.8. The van der Waals surface area contributed by atoms with Crippen LogP contribution in [-0.2, 0) is 4.74 Å². The predicted molar refractivity (Wildman–Crippen MR) is 68.0 cm³/mol. The highest BCUT2D eigenvalue weighted by atomic mass is 16.5. The fourth-order valence-electron chi connectivity index (χ4n) is 1.58. The summed E-state index contributed by atoms with van der Waals surface area (Å²) < 4.78 is 5.56. The predicted octanol–water partition coefficient (Wildman–Crippen LogP) is 4.76. The van der Waals surface area contributed by atoms with E-state index in [2.05, 4.69) is 20.3 Å². The van der Waals surface area contributed by atoms with Crippen LogP contribution < -0.4 is 0 Å². The van der Waals surface area contributed by atoms with E-state index in [4.69, 9.17) is 4.74 Å². The molecule has 1 radical (unpaired) electrons. The molecule has 91 valence electrons. The molecule has 0 unspecified atom stereocenters. The molecule has 0 bridgehead atoms. The van der Waals surface area contributed by atoms with Crippen molar-refractivity contribution in [3.63, 3.8) is 0 Å². The van der Waals surface area contributed by atoms with Gasteiger partial charge in [0.15, 0.2) is 0 Å². The van der Waals surface area contributed by atoms with Gasteiger partial charge in [-0.05, 0) is 19.3 Å². The van der Waals surface area contributed by atoms with Crippen LogP contribution in [0.1, 0.15) is 71.6 Å². The average Bonchev–Trinajstić information content (AvgIpc) is 2.26. The molecule has 0 aliphatic rings. The Bertz CT molecular complexity index is 89.5. The van der Waals surface area contributed by atoms with Crippen molar-refractivity contribution < 1.29 is 4.74 Å². The van der Waals surface area contributed by atoms with E-state index in [0.717, 1.165) is 19.6 Å². The number of hydrogen-bond acceptors (Lipinski definition) is 1. The molecule has 0 rings (SSSR count). The van der Waals surface area contributed by atoms with Crippen LogP contribution in [0, 0.1) is 6.42 Å². The van der Waals surface area contributed by atoms with Crippen molar-refractivity contribution in [2.45, 2.75) is 71.6 Å². The monoisotopic (exact) mass is 213 g/mol. The van der Waals surface area contributed by atoms with Gasteiger partial charge in [0.1, 0.15) is 0 Å². The second kappa shape index (κ2) is 14.0. The first-order valence-corrected chi connectivity index (χ1v) is 6.81. The molecule has 0 spiro atoms. The van der Waals surface area contributed by atoms with Crippen LogP contribution in [0.4, 0.5) is 0 Å². The zero-order chi connectivity index (χ0) is 11.2. The van der Waals surface area contributed by atoms with Gasteiger partial charge in [0, 0.05) is 13.2 Å². The summed E-state index contributed by atoms with van der Waals surface area (Å²) in [5.74, 6) is 0. The van der Waals surface area contributed by atoms with Crippen molar-refractivity contribution in [3.05, 3.63) is 6.42 Å². The Morgan fingerprint density at radius 1 is 0.733 bits per heavy atom. The standard InChI is InChI=1S/C14H29O/c1-3-5-7-9-10-12-14-15-13-11-8-6-4-2/h10H,3-9,11-14H2,1-2H3. The molecule has 0 aromatic rings. The number of hydrogen-bond donors (Lipinski definition) is 0. The highest BCUT2D eigenvalue weighted by Gasteiger charge is 1.92. The molecule has 15 heavy (non-hydrogen) atoms. The Morgan fingerprint density at radius 3 is 2.20 bits per heavy atom. The minimum Gasteiger partial charge on any atom is -0.381 e. The van der Waals surface area contributed by atoms with E-state index in [-0.39, 0.29) is 0 Å². The van der Waals surface area contributed by atoms with Crippen molar-refractivity contribution in [2.24, 2.45) is 0 Å². The van der Waals surface area contributed by atoms with Gasteiger partial charge in [-0.3, -0.25) is 0 Å². The van der Waals surface area contributed by atoms with Gasteiger partial charge in [0.25, 0.3) is 0 Å². The second-order valence-electron chi connectivity index (χ2n) is 4.25. The van der Waals surface area contributed by atoms with Gasteiger partial charge in [-0.1, -0.05) is 58.8 Å². The molecule has 0 aromatic heterocycles. The zero-order valence-corrected chi connectivity index (χ0v) is 10.8. The maximum Gasteiger partial charge on any atom is 0.0468 e. The van der Waals surface area contributed by atoms with Gasteiger partial charge < -0.3 is 4.74 Å². The van der Waals surface area contributed by atoms with Crippen molar-refractivity contribution in [1.82, 2.24) is 0 Å². The summed E-state index contributed by atoms with van der Waals surface area (Å²) in [6.45, 7) is 6.38. The van der Waals surface area contributed by atoms with Gasteiger partial charge in [-0.15, -0.1) is 0 Å². The minimum absolute atomic E-state index is 0.929. The van der Waals surface area contributed by atoms with Gasteiger partial charge in [-0.2, -0.15) is 0 Å².